The summed E-state index contributed by atoms with van der Waals surface area (Å²) < 4.78 is 27.4. The Morgan fingerprint density at radius 3 is 2.59 bits per heavy atom. The summed E-state index contributed by atoms with van der Waals surface area (Å²) in [6, 6.07) is 9.75. The van der Waals surface area contributed by atoms with E-state index in [4.69, 9.17) is 11.6 Å². The highest BCUT2D eigenvalue weighted by atomic mass is 35.5. The minimum atomic E-state index is -3.68. The first-order valence-electron chi connectivity index (χ1n) is 8.50. The molecule has 2 aromatic rings. The summed E-state index contributed by atoms with van der Waals surface area (Å²) in [6.45, 7) is 4.61. The topological polar surface area (TPSA) is 78.5 Å². The van der Waals surface area contributed by atoms with Gasteiger partial charge in [-0.1, -0.05) is 23.7 Å². The molecule has 148 valence electrons. The molecule has 2 aromatic carbocycles. The van der Waals surface area contributed by atoms with Gasteiger partial charge in [0.25, 0.3) is 0 Å². The molecule has 1 heterocycles. The van der Waals surface area contributed by atoms with E-state index in [0.717, 1.165) is 10.8 Å². The summed E-state index contributed by atoms with van der Waals surface area (Å²) in [6.07, 6.45) is 0. The SMILES string of the molecule is CC(C)NC(=O)C1CN(S(=O)(=O)c2ccc3cc(Cl)ccc3c2)CCN1.Cl. The zero-order valence-corrected chi connectivity index (χ0v) is 17.5. The lowest BCUT2D eigenvalue weighted by Gasteiger charge is -2.32. The Hall–Kier alpha value is -1.38. The number of piperazine rings is 1. The van der Waals surface area contributed by atoms with E-state index in [1.165, 1.54) is 4.31 Å². The molecule has 6 nitrogen and oxygen atoms in total. The molecular formula is C18H23Cl2N3O3S. The fraction of sp³-hybridized carbons (Fsp3) is 0.389. The zero-order valence-electron chi connectivity index (χ0n) is 15.1. The van der Waals surface area contributed by atoms with Gasteiger partial charge in [-0.05, 0) is 48.9 Å². The van der Waals surface area contributed by atoms with Gasteiger partial charge in [0.1, 0.15) is 6.04 Å². The average molecular weight is 432 g/mol. The smallest absolute Gasteiger partial charge is 0.243 e. The quantitative estimate of drug-likeness (QED) is 0.778. The molecule has 1 amide bonds. The van der Waals surface area contributed by atoms with Crippen LogP contribution in [0.25, 0.3) is 10.8 Å². The van der Waals surface area contributed by atoms with Crippen molar-refractivity contribution in [2.45, 2.75) is 30.8 Å². The number of nitrogens with one attached hydrogen (secondary N) is 2. The van der Waals surface area contributed by atoms with Crippen LogP contribution in [0.4, 0.5) is 0 Å². The third kappa shape index (κ3) is 4.92. The third-order valence-corrected chi connectivity index (χ3v) is 6.39. The molecule has 1 aliphatic heterocycles. The summed E-state index contributed by atoms with van der Waals surface area (Å²) in [5, 5.41) is 8.19. The maximum Gasteiger partial charge on any atom is 0.243 e. The van der Waals surface area contributed by atoms with Crippen molar-refractivity contribution in [1.29, 1.82) is 0 Å². The molecule has 3 rings (SSSR count). The van der Waals surface area contributed by atoms with Crippen LogP contribution in [-0.4, -0.2) is 50.3 Å². The summed E-state index contributed by atoms with van der Waals surface area (Å²) in [7, 11) is -3.68. The number of rotatable bonds is 4. The van der Waals surface area contributed by atoms with E-state index >= 15 is 0 Å². The average Bonchev–Trinajstić information content (AvgIpc) is 2.60. The van der Waals surface area contributed by atoms with Crippen molar-refractivity contribution in [3.8, 4) is 0 Å². The van der Waals surface area contributed by atoms with Gasteiger partial charge in [-0.3, -0.25) is 4.79 Å². The van der Waals surface area contributed by atoms with E-state index < -0.39 is 16.1 Å². The maximum absolute atomic E-state index is 13.0. The second kappa shape index (κ2) is 8.75. The molecule has 1 atom stereocenters. The molecule has 1 aliphatic rings. The van der Waals surface area contributed by atoms with E-state index in [-0.39, 0.29) is 35.8 Å². The van der Waals surface area contributed by atoms with Crippen LogP contribution < -0.4 is 10.6 Å². The molecule has 1 unspecified atom stereocenters. The van der Waals surface area contributed by atoms with Crippen LogP contribution in [0.3, 0.4) is 0 Å². The van der Waals surface area contributed by atoms with E-state index in [1.807, 2.05) is 13.8 Å². The fourth-order valence-electron chi connectivity index (χ4n) is 3.01. The Morgan fingerprint density at radius 2 is 1.89 bits per heavy atom. The minimum absolute atomic E-state index is 0. The number of halogens is 2. The number of hydrogen-bond acceptors (Lipinski definition) is 4. The van der Waals surface area contributed by atoms with Crippen LogP contribution in [0.2, 0.25) is 5.02 Å². The monoisotopic (exact) mass is 431 g/mol. The van der Waals surface area contributed by atoms with E-state index in [1.54, 1.807) is 36.4 Å². The number of benzene rings is 2. The zero-order chi connectivity index (χ0) is 18.9. The lowest BCUT2D eigenvalue weighted by atomic mass is 10.1. The number of amides is 1. The molecule has 1 saturated heterocycles. The van der Waals surface area contributed by atoms with Gasteiger partial charge in [-0.25, -0.2) is 8.42 Å². The number of nitrogens with zero attached hydrogens (tertiary/aromatic N) is 1. The Morgan fingerprint density at radius 1 is 1.22 bits per heavy atom. The summed E-state index contributed by atoms with van der Waals surface area (Å²) >= 11 is 5.98. The third-order valence-electron chi connectivity index (χ3n) is 4.30. The first-order chi connectivity index (χ1) is 12.3. The molecular weight excluding hydrogens is 409 g/mol. The van der Waals surface area contributed by atoms with Crippen LogP contribution in [0.15, 0.2) is 41.3 Å². The Bertz CT molecular complexity index is 935. The van der Waals surface area contributed by atoms with Crippen LogP contribution in [0.5, 0.6) is 0 Å². The van der Waals surface area contributed by atoms with Gasteiger partial charge in [0.2, 0.25) is 15.9 Å². The predicted octanol–water partition coefficient (Wildman–Crippen LogP) is 2.40. The molecule has 0 aliphatic carbocycles. The predicted molar refractivity (Wildman–Crippen MR) is 110 cm³/mol. The summed E-state index contributed by atoms with van der Waals surface area (Å²) in [5.74, 6) is -0.187. The number of fused-ring (bicyclic) bond motifs is 1. The highest BCUT2D eigenvalue weighted by molar-refractivity contribution is 7.89. The molecule has 27 heavy (non-hydrogen) atoms. The van der Waals surface area contributed by atoms with Gasteiger partial charge in [-0.15, -0.1) is 12.4 Å². The number of sulfonamides is 1. The molecule has 1 fully saturated rings. The van der Waals surface area contributed by atoms with Crippen molar-refractivity contribution in [2.75, 3.05) is 19.6 Å². The molecule has 0 aromatic heterocycles. The highest BCUT2D eigenvalue weighted by Gasteiger charge is 2.33. The standard InChI is InChI=1S/C18H22ClN3O3S.ClH/c1-12(2)21-18(23)17-11-22(8-7-20-17)26(24,25)16-6-4-13-9-15(19)5-3-14(13)10-16;/h3-6,9-10,12,17,20H,7-8,11H2,1-2H3,(H,21,23);1H. The normalized spacial score (nSPS) is 18.3. The Labute approximate surface area is 170 Å². The number of carbonyl (C=O) groups excluding carboxylic acids is 1. The molecule has 0 bridgehead atoms. The largest absolute Gasteiger partial charge is 0.353 e. The lowest BCUT2D eigenvalue weighted by Crippen LogP contribution is -2.58. The van der Waals surface area contributed by atoms with Crippen LogP contribution in [0, 0.1) is 0 Å². The number of hydrogen-bond donors (Lipinski definition) is 2. The van der Waals surface area contributed by atoms with Crippen molar-refractivity contribution < 1.29 is 13.2 Å². The van der Waals surface area contributed by atoms with Gasteiger partial charge < -0.3 is 10.6 Å². The van der Waals surface area contributed by atoms with Gasteiger partial charge in [0.05, 0.1) is 4.90 Å². The van der Waals surface area contributed by atoms with Crippen LogP contribution >= 0.6 is 24.0 Å². The van der Waals surface area contributed by atoms with Gasteiger partial charge >= 0.3 is 0 Å². The van der Waals surface area contributed by atoms with Crippen molar-refractivity contribution in [2.24, 2.45) is 0 Å². The van der Waals surface area contributed by atoms with E-state index in [9.17, 15) is 13.2 Å². The van der Waals surface area contributed by atoms with Crippen LogP contribution in [0.1, 0.15) is 13.8 Å². The minimum Gasteiger partial charge on any atom is -0.353 e. The van der Waals surface area contributed by atoms with Crippen molar-refractivity contribution >= 4 is 50.7 Å². The molecule has 9 heteroatoms. The first kappa shape index (κ1) is 21.9. The van der Waals surface area contributed by atoms with Crippen LogP contribution in [-0.2, 0) is 14.8 Å². The Kier molecular flexibility index (Phi) is 7.10. The number of carbonyl (C=O) groups is 1. The first-order valence-corrected chi connectivity index (χ1v) is 10.3. The van der Waals surface area contributed by atoms with Crippen molar-refractivity contribution in [3.05, 3.63) is 41.4 Å². The summed E-state index contributed by atoms with van der Waals surface area (Å²) in [5.41, 5.74) is 0. The highest BCUT2D eigenvalue weighted by Crippen LogP contribution is 2.25. The lowest BCUT2D eigenvalue weighted by molar-refractivity contribution is -0.124. The van der Waals surface area contributed by atoms with Crippen molar-refractivity contribution in [1.82, 2.24) is 14.9 Å². The summed E-state index contributed by atoms with van der Waals surface area (Å²) in [4.78, 5) is 12.4. The van der Waals surface area contributed by atoms with Crippen molar-refractivity contribution in [3.63, 3.8) is 0 Å². The molecule has 2 N–H and O–H groups in total. The van der Waals surface area contributed by atoms with E-state index in [0.29, 0.717) is 18.1 Å². The fourth-order valence-corrected chi connectivity index (χ4v) is 4.68. The Balaban J connectivity index is 0.00000261. The van der Waals surface area contributed by atoms with E-state index in [2.05, 4.69) is 10.6 Å². The second-order valence-corrected chi connectivity index (χ2v) is 9.06. The maximum atomic E-state index is 13.0. The second-order valence-electron chi connectivity index (χ2n) is 6.69. The molecule has 0 spiro atoms. The molecule has 0 radical (unpaired) electrons. The van der Waals surface area contributed by atoms with Gasteiger partial charge in [0, 0.05) is 30.7 Å². The van der Waals surface area contributed by atoms with Gasteiger partial charge in [-0.2, -0.15) is 4.31 Å². The van der Waals surface area contributed by atoms with Gasteiger partial charge in [0.15, 0.2) is 0 Å². The molecule has 0 saturated carbocycles.